The highest BCUT2D eigenvalue weighted by Crippen LogP contribution is 2.13. The number of hydrogen-bond donors (Lipinski definition) is 0. The van der Waals surface area contributed by atoms with E-state index in [0.29, 0.717) is 12.0 Å². The van der Waals surface area contributed by atoms with Gasteiger partial charge in [-0.1, -0.05) is 37.8 Å². The molecule has 0 atom stereocenters. The van der Waals surface area contributed by atoms with Gasteiger partial charge in [-0.25, -0.2) is 0 Å². The van der Waals surface area contributed by atoms with Crippen molar-refractivity contribution in [3.05, 3.63) is 47.5 Å². The number of ketones is 1. The van der Waals surface area contributed by atoms with Gasteiger partial charge in [-0.2, -0.15) is 0 Å². The number of carbonyl (C=O) groups excluding carboxylic acids is 1. The van der Waals surface area contributed by atoms with Gasteiger partial charge in [0.1, 0.15) is 0 Å². The molecule has 68 valence electrons. The first kappa shape index (κ1) is 9.72. The third-order valence-corrected chi connectivity index (χ3v) is 2.14. The third-order valence-electron chi connectivity index (χ3n) is 2.14. The van der Waals surface area contributed by atoms with Gasteiger partial charge in [-0.3, -0.25) is 4.79 Å². The van der Waals surface area contributed by atoms with Crippen molar-refractivity contribution < 1.29 is 4.79 Å². The smallest absolute Gasteiger partial charge is 0.188 e. The molecule has 0 saturated heterocycles. The molecule has 0 N–H and O–H groups in total. The number of Topliss-reactive ketones (excluding diaryl/α,β-unsaturated/α-hetero) is 1. The Morgan fingerprint density at radius 1 is 1.38 bits per heavy atom. The third kappa shape index (κ3) is 2.05. The van der Waals surface area contributed by atoms with Crippen LogP contribution in [0.5, 0.6) is 0 Å². The summed E-state index contributed by atoms with van der Waals surface area (Å²) in [6, 6.07) is 7.60. The van der Waals surface area contributed by atoms with Gasteiger partial charge in [-0.05, 0) is 24.5 Å². The predicted molar refractivity (Wildman–Crippen MR) is 54.9 cm³/mol. The first-order valence-electron chi connectivity index (χ1n) is 4.45. The lowest BCUT2D eigenvalue weighted by Gasteiger charge is -2.04. The minimum Gasteiger partial charge on any atom is -0.289 e. The van der Waals surface area contributed by atoms with Crippen molar-refractivity contribution in [2.45, 2.75) is 20.3 Å². The van der Waals surface area contributed by atoms with Gasteiger partial charge in [0, 0.05) is 5.56 Å². The Labute approximate surface area is 79.1 Å². The Bertz CT molecular complexity index is 337. The summed E-state index contributed by atoms with van der Waals surface area (Å²) in [5, 5.41) is 0. The van der Waals surface area contributed by atoms with Gasteiger partial charge in [0.2, 0.25) is 0 Å². The Balaban J connectivity index is 3.02. The van der Waals surface area contributed by atoms with E-state index in [-0.39, 0.29) is 5.78 Å². The first-order chi connectivity index (χ1) is 6.16. The zero-order valence-corrected chi connectivity index (χ0v) is 8.13. The van der Waals surface area contributed by atoms with E-state index in [0.717, 1.165) is 11.1 Å². The van der Waals surface area contributed by atoms with Crippen LogP contribution in [0.4, 0.5) is 0 Å². The Kier molecular flexibility index (Phi) is 3.02. The molecule has 0 amide bonds. The number of benzene rings is 1. The van der Waals surface area contributed by atoms with Gasteiger partial charge < -0.3 is 0 Å². The molecule has 0 aromatic heterocycles. The molecule has 0 heterocycles. The van der Waals surface area contributed by atoms with E-state index >= 15 is 0 Å². The second-order valence-corrected chi connectivity index (χ2v) is 3.10. The number of carbonyl (C=O) groups is 1. The molecule has 0 fully saturated rings. The van der Waals surface area contributed by atoms with Crippen LogP contribution in [0, 0.1) is 6.92 Å². The molecule has 0 spiro atoms. The molecule has 0 aliphatic rings. The molecule has 1 rings (SSSR count). The average molecular weight is 174 g/mol. The minimum atomic E-state index is 0.0700. The number of allylic oxidation sites excluding steroid dienone is 1. The summed E-state index contributed by atoms with van der Waals surface area (Å²) in [5.74, 6) is 0.0700. The summed E-state index contributed by atoms with van der Waals surface area (Å²) in [4.78, 5) is 11.7. The fourth-order valence-corrected chi connectivity index (χ4v) is 1.18. The van der Waals surface area contributed by atoms with E-state index < -0.39 is 0 Å². The van der Waals surface area contributed by atoms with Crippen LogP contribution in [-0.4, -0.2) is 5.78 Å². The van der Waals surface area contributed by atoms with Crippen LogP contribution in [-0.2, 0) is 0 Å². The van der Waals surface area contributed by atoms with Crippen molar-refractivity contribution in [1.82, 2.24) is 0 Å². The fourth-order valence-electron chi connectivity index (χ4n) is 1.18. The van der Waals surface area contributed by atoms with Gasteiger partial charge in [0.25, 0.3) is 0 Å². The normalized spacial score (nSPS) is 9.69. The maximum Gasteiger partial charge on any atom is 0.188 e. The molecule has 0 aliphatic carbocycles. The van der Waals surface area contributed by atoms with Crippen LogP contribution in [0.15, 0.2) is 36.4 Å². The van der Waals surface area contributed by atoms with E-state index in [2.05, 4.69) is 6.58 Å². The number of hydrogen-bond acceptors (Lipinski definition) is 1. The maximum absolute atomic E-state index is 11.7. The van der Waals surface area contributed by atoms with Crippen molar-refractivity contribution in [2.75, 3.05) is 0 Å². The average Bonchev–Trinajstić information content (AvgIpc) is 2.16. The van der Waals surface area contributed by atoms with Gasteiger partial charge in [0.05, 0.1) is 0 Å². The molecular formula is C12H14O. The minimum absolute atomic E-state index is 0.0700. The molecule has 0 unspecified atom stereocenters. The van der Waals surface area contributed by atoms with Crippen LogP contribution in [0.1, 0.15) is 29.3 Å². The van der Waals surface area contributed by atoms with Gasteiger partial charge >= 0.3 is 0 Å². The van der Waals surface area contributed by atoms with E-state index in [9.17, 15) is 4.79 Å². The second kappa shape index (κ2) is 4.04. The van der Waals surface area contributed by atoms with Crippen molar-refractivity contribution in [2.24, 2.45) is 0 Å². The van der Waals surface area contributed by atoms with Crippen molar-refractivity contribution >= 4 is 5.78 Å². The highest BCUT2D eigenvalue weighted by Gasteiger charge is 2.09. The lowest BCUT2D eigenvalue weighted by atomic mass is 9.99. The van der Waals surface area contributed by atoms with Gasteiger partial charge in [-0.15, -0.1) is 0 Å². The van der Waals surface area contributed by atoms with Crippen LogP contribution >= 0.6 is 0 Å². The second-order valence-electron chi connectivity index (χ2n) is 3.10. The summed E-state index contributed by atoms with van der Waals surface area (Å²) in [7, 11) is 0. The summed E-state index contributed by atoms with van der Waals surface area (Å²) in [6.45, 7) is 7.62. The molecule has 1 aromatic carbocycles. The van der Waals surface area contributed by atoms with Crippen molar-refractivity contribution in [1.29, 1.82) is 0 Å². The topological polar surface area (TPSA) is 17.1 Å². The molecule has 1 nitrogen and oxygen atoms in total. The molecule has 1 heteroatoms. The van der Waals surface area contributed by atoms with E-state index in [4.69, 9.17) is 0 Å². The molecule has 1 aromatic rings. The molecule has 13 heavy (non-hydrogen) atoms. The highest BCUT2D eigenvalue weighted by atomic mass is 16.1. The maximum atomic E-state index is 11.7. The van der Waals surface area contributed by atoms with Crippen LogP contribution in [0.25, 0.3) is 0 Å². The van der Waals surface area contributed by atoms with Crippen molar-refractivity contribution in [3.63, 3.8) is 0 Å². The van der Waals surface area contributed by atoms with Crippen LogP contribution < -0.4 is 0 Å². The Morgan fingerprint density at radius 2 is 2.00 bits per heavy atom. The zero-order chi connectivity index (χ0) is 9.84. The molecule has 0 bridgehead atoms. The standard InChI is InChI=1S/C12H14O/c1-4-9(2)12(13)11-8-6-5-7-10(11)3/h5-8H,2,4H2,1,3H3. The Hall–Kier alpha value is -1.37. The number of rotatable bonds is 3. The SMILES string of the molecule is C=C(CC)C(=O)c1ccccc1C. The van der Waals surface area contributed by atoms with Crippen molar-refractivity contribution in [3.8, 4) is 0 Å². The van der Waals surface area contributed by atoms with Crippen LogP contribution in [0.3, 0.4) is 0 Å². The molecule has 0 saturated carbocycles. The zero-order valence-electron chi connectivity index (χ0n) is 8.13. The van der Waals surface area contributed by atoms with Gasteiger partial charge in [0.15, 0.2) is 5.78 Å². The summed E-state index contributed by atoms with van der Waals surface area (Å²) in [5.41, 5.74) is 2.46. The molecular weight excluding hydrogens is 160 g/mol. The summed E-state index contributed by atoms with van der Waals surface area (Å²) in [6.07, 6.45) is 0.715. The molecule has 0 radical (unpaired) electrons. The predicted octanol–water partition coefficient (Wildman–Crippen LogP) is 3.14. The lowest BCUT2D eigenvalue weighted by Crippen LogP contribution is -2.03. The van der Waals surface area contributed by atoms with E-state index in [1.54, 1.807) is 0 Å². The van der Waals surface area contributed by atoms with E-state index in [1.807, 2.05) is 38.1 Å². The quantitative estimate of drug-likeness (QED) is 0.508. The largest absolute Gasteiger partial charge is 0.289 e. The molecule has 0 aliphatic heterocycles. The highest BCUT2D eigenvalue weighted by molar-refractivity contribution is 6.09. The fraction of sp³-hybridized carbons (Fsp3) is 0.250. The summed E-state index contributed by atoms with van der Waals surface area (Å²) >= 11 is 0. The lowest BCUT2D eigenvalue weighted by molar-refractivity contribution is 0.103. The Morgan fingerprint density at radius 3 is 2.54 bits per heavy atom. The number of aryl methyl sites for hydroxylation is 1. The van der Waals surface area contributed by atoms with E-state index in [1.165, 1.54) is 0 Å². The van der Waals surface area contributed by atoms with Crippen LogP contribution in [0.2, 0.25) is 0 Å². The summed E-state index contributed by atoms with van der Waals surface area (Å²) < 4.78 is 0. The monoisotopic (exact) mass is 174 g/mol. The first-order valence-corrected chi connectivity index (χ1v) is 4.45.